The summed E-state index contributed by atoms with van der Waals surface area (Å²) in [7, 11) is 0. The van der Waals surface area contributed by atoms with Crippen molar-refractivity contribution in [3.05, 3.63) is 88.5 Å². The molecule has 0 saturated carbocycles. The Kier molecular flexibility index (Phi) is 6.25. The summed E-state index contributed by atoms with van der Waals surface area (Å²) in [5, 5.41) is 0.619. The number of allylic oxidation sites excluding steroid dienone is 3. The largest absolute Gasteiger partial charge is 0.465 e. The average Bonchev–Trinajstić information content (AvgIpc) is 2.67. The summed E-state index contributed by atoms with van der Waals surface area (Å²) in [6, 6.07) is 17.2. The number of ether oxygens (including phenoxy) is 1. The molecule has 0 heterocycles. The van der Waals surface area contributed by atoms with E-state index in [1.807, 2.05) is 54.6 Å². The molecule has 3 nitrogen and oxygen atoms in total. The first kappa shape index (κ1) is 19.1. The van der Waals surface area contributed by atoms with Crippen molar-refractivity contribution in [2.45, 2.75) is 19.3 Å². The van der Waals surface area contributed by atoms with Crippen LogP contribution in [0.2, 0.25) is 5.02 Å². The molecule has 1 aliphatic carbocycles. The van der Waals surface area contributed by atoms with Crippen LogP contribution in [0.4, 0.5) is 0 Å². The molecule has 0 unspecified atom stereocenters. The van der Waals surface area contributed by atoms with Gasteiger partial charge in [0.1, 0.15) is 5.92 Å². The Hall–Kier alpha value is -2.65. The van der Waals surface area contributed by atoms with Crippen LogP contribution in [-0.4, -0.2) is 18.4 Å². The van der Waals surface area contributed by atoms with Crippen molar-refractivity contribution < 1.29 is 14.3 Å². The van der Waals surface area contributed by atoms with Crippen molar-refractivity contribution in [1.29, 1.82) is 0 Å². The van der Waals surface area contributed by atoms with Crippen LogP contribution < -0.4 is 0 Å². The van der Waals surface area contributed by atoms with Crippen LogP contribution in [0.1, 0.15) is 30.4 Å². The van der Waals surface area contributed by atoms with Crippen LogP contribution >= 0.6 is 11.6 Å². The van der Waals surface area contributed by atoms with Gasteiger partial charge in [0.2, 0.25) is 0 Å². The Balaban J connectivity index is 1.91. The van der Waals surface area contributed by atoms with Gasteiger partial charge in [-0.05, 0) is 48.3 Å². The van der Waals surface area contributed by atoms with E-state index in [2.05, 4.69) is 0 Å². The molecule has 1 aliphatic rings. The first-order valence-corrected chi connectivity index (χ1v) is 9.36. The van der Waals surface area contributed by atoms with Gasteiger partial charge in [-0.1, -0.05) is 66.2 Å². The Morgan fingerprint density at radius 3 is 2.48 bits per heavy atom. The highest BCUT2D eigenvalue weighted by Crippen LogP contribution is 2.37. The minimum absolute atomic E-state index is 0.215. The molecule has 0 N–H and O–H groups in total. The summed E-state index contributed by atoms with van der Waals surface area (Å²) in [6.45, 7) is 1.99. The fraction of sp³-hybridized carbons (Fsp3) is 0.217. The maximum Gasteiger partial charge on any atom is 0.317 e. The SMILES string of the molecule is CCOC(=O)[C@@H]1C(=O)C=C(/C=C/c2ccccc2)C[C@H]1c1ccc(Cl)cc1. The fourth-order valence-electron chi connectivity index (χ4n) is 3.32. The minimum Gasteiger partial charge on any atom is -0.465 e. The number of rotatable bonds is 5. The van der Waals surface area contributed by atoms with E-state index >= 15 is 0 Å². The lowest BCUT2D eigenvalue weighted by Gasteiger charge is -2.28. The van der Waals surface area contributed by atoms with E-state index in [0.29, 0.717) is 11.4 Å². The number of ketones is 1. The monoisotopic (exact) mass is 380 g/mol. The van der Waals surface area contributed by atoms with Crippen LogP contribution in [-0.2, 0) is 14.3 Å². The molecule has 0 radical (unpaired) electrons. The van der Waals surface area contributed by atoms with E-state index < -0.39 is 11.9 Å². The van der Waals surface area contributed by atoms with Crippen molar-refractivity contribution in [3.63, 3.8) is 0 Å². The molecule has 0 aromatic heterocycles. The maximum absolute atomic E-state index is 12.7. The molecule has 4 heteroatoms. The van der Waals surface area contributed by atoms with E-state index in [4.69, 9.17) is 16.3 Å². The Morgan fingerprint density at radius 1 is 1.11 bits per heavy atom. The van der Waals surface area contributed by atoms with Crippen LogP contribution in [0.3, 0.4) is 0 Å². The molecule has 138 valence electrons. The highest BCUT2D eigenvalue weighted by atomic mass is 35.5. The quantitative estimate of drug-likeness (QED) is 0.528. The molecule has 0 saturated heterocycles. The van der Waals surface area contributed by atoms with Gasteiger partial charge >= 0.3 is 5.97 Å². The minimum atomic E-state index is -0.819. The van der Waals surface area contributed by atoms with Crippen LogP contribution in [0, 0.1) is 5.92 Å². The van der Waals surface area contributed by atoms with E-state index in [0.717, 1.165) is 16.7 Å². The first-order valence-electron chi connectivity index (χ1n) is 8.98. The molecule has 2 aromatic carbocycles. The van der Waals surface area contributed by atoms with E-state index in [-0.39, 0.29) is 18.3 Å². The van der Waals surface area contributed by atoms with Gasteiger partial charge in [-0.15, -0.1) is 0 Å². The molecular weight excluding hydrogens is 360 g/mol. The highest BCUT2D eigenvalue weighted by Gasteiger charge is 2.39. The molecule has 27 heavy (non-hydrogen) atoms. The topological polar surface area (TPSA) is 43.4 Å². The number of benzene rings is 2. The van der Waals surface area contributed by atoms with Gasteiger partial charge in [0.25, 0.3) is 0 Å². The van der Waals surface area contributed by atoms with E-state index in [9.17, 15) is 9.59 Å². The maximum atomic E-state index is 12.7. The van der Waals surface area contributed by atoms with Gasteiger partial charge in [0.05, 0.1) is 6.61 Å². The number of carbonyl (C=O) groups excluding carboxylic acids is 2. The number of halogens is 1. The molecule has 0 spiro atoms. The average molecular weight is 381 g/mol. The number of carbonyl (C=O) groups is 2. The lowest BCUT2D eigenvalue weighted by molar-refractivity contribution is -0.151. The third-order valence-electron chi connectivity index (χ3n) is 4.62. The third-order valence-corrected chi connectivity index (χ3v) is 4.87. The highest BCUT2D eigenvalue weighted by molar-refractivity contribution is 6.30. The molecule has 0 aliphatic heterocycles. The van der Waals surface area contributed by atoms with Crippen LogP contribution in [0.15, 0.2) is 72.3 Å². The molecule has 3 rings (SSSR count). The number of hydrogen-bond acceptors (Lipinski definition) is 3. The predicted molar refractivity (Wildman–Crippen MR) is 107 cm³/mol. The fourth-order valence-corrected chi connectivity index (χ4v) is 3.44. The molecule has 0 fully saturated rings. The van der Waals surface area contributed by atoms with Gasteiger partial charge in [-0.2, -0.15) is 0 Å². The zero-order valence-electron chi connectivity index (χ0n) is 15.1. The predicted octanol–water partition coefficient (Wildman–Crippen LogP) is 5.22. The van der Waals surface area contributed by atoms with Crippen molar-refractivity contribution in [2.24, 2.45) is 5.92 Å². The van der Waals surface area contributed by atoms with Gasteiger partial charge in [-0.3, -0.25) is 9.59 Å². The second-order valence-electron chi connectivity index (χ2n) is 6.46. The van der Waals surface area contributed by atoms with Crippen molar-refractivity contribution in [2.75, 3.05) is 6.61 Å². The van der Waals surface area contributed by atoms with Gasteiger partial charge in [-0.25, -0.2) is 0 Å². The van der Waals surface area contributed by atoms with Crippen molar-refractivity contribution in [3.8, 4) is 0 Å². The zero-order chi connectivity index (χ0) is 19.2. The smallest absolute Gasteiger partial charge is 0.317 e. The number of hydrogen-bond donors (Lipinski definition) is 0. The molecule has 2 aromatic rings. The van der Waals surface area contributed by atoms with Crippen molar-refractivity contribution >= 4 is 29.4 Å². The summed E-state index contributed by atoms with van der Waals surface area (Å²) in [5.74, 6) is -1.77. The molecule has 0 amide bonds. The van der Waals surface area contributed by atoms with E-state index in [1.165, 1.54) is 0 Å². The van der Waals surface area contributed by atoms with Crippen molar-refractivity contribution in [1.82, 2.24) is 0 Å². The normalized spacial score (nSPS) is 19.8. The van der Waals surface area contributed by atoms with E-state index in [1.54, 1.807) is 25.1 Å². The number of esters is 1. The lowest BCUT2D eigenvalue weighted by Crippen LogP contribution is -2.34. The first-order chi connectivity index (χ1) is 13.1. The Morgan fingerprint density at radius 2 is 1.81 bits per heavy atom. The summed E-state index contributed by atoms with van der Waals surface area (Å²) in [6.07, 6.45) is 6.06. The molecule has 0 bridgehead atoms. The van der Waals surface area contributed by atoms with Crippen LogP contribution in [0.25, 0.3) is 6.08 Å². The summed E-state index contributed by atoms with van der Waals surface area (Å²) in [5.41, 5.74) is 2.86. The van der Waals surface area contributed by atoms with Gasteiger partial charge in [0.15, 0.2) is 5.78 Å². The Labute approximate surface area is 164 Å². The second kappa shape index (κ2) is 8.83. The summed E-state index contributed by atoms with van der Waals surface area (Å²) >= 11 is 5.99. The van der Waals surface area contributed by atoms with Gasteiger partial charge < -0.3 is 4.74 Å². The zero-order valence-corrected chi connectivity index (χ0v) is 15.9. The lowest BCUT2D eigenvalue weighted by atomic mass is 9.75. The molecular formula is C23H21ClO3. The van der Waals surface area contributed by atoms with Gasteiger partial charge in [0, 0.05) is 10.9 Å². The summed E-state index contributed by atoms with van der Waals surface area (Å²) in [4.78, 5) is 25.2. The summed E-state index contributed by atoms with van der Waals surface area (Å²) < 4.78 is 5.16. The Bertz CT molecular complexity index is 866. The third kappa shape index (κ3) is 4.75. The van der Waals surface area contributed by atoms with Crippen LogP contribution in [0.5, 0.6) is 0 Å². The standard InChI is InChI=1S/C23H21ClO3/c1-2-27-23(26)22-20(18-10-12-19(24)13-11-18)14-17(15-21(22)25)9-8-16-6-4-3-5-7-16/h3-13,15,20,22H,2,14H2,1H3/b9-8+/t20-,22-/m0/s1. The molecule has 2 atom stereocenters. The second-order valence-corrected chi connectivity index (χ2v) is 6.89.